The average Bonchev–Trinajstić information content (AvgIpc) is 3.12. The minimum absolute atomic E-state index is 0.0578. The second-order valence-corrected chi connectivity index (χ2v) is 7.44. The number of rotatable bonds is 6. The van der Waals surface area contributed by atoms with Gasteiger partial charge in [-0.15, -0.1) is 0 Å². The standard InChI is InChI=1S/C18H18Cl2N6O4/c1-25(8-13(27)21-9-3-4-10(19)11(20)7-9)14(28)6-5-12-22-15-16(23-12)26(2)18(30)24-17(15)29/h3-4,7H,5-6,8H2,1-2H3,(H,21,27)(H,22,23)(H,24,29,30). The van der Waals surface area contributed by atoms with Gasteiger partial charge in [-0.3, -0.25) is 23.9 Å². The maximum atomic E-state index is 12.3. The Morgan fingerprint density at radius 1 is 1.20 bits per heavy atom. The molecular weight excluding hydrogens is 435 g/mol. The van der Waals surface area contributed by atoms with Crippen molar-refractivity contribution in [2.75, 3.05) is 18.9 Å². The maximum absolute atomic E-state index is 12.3. The van der Waals surface area contributed by atoms with Crippen LogP contribution in [0, 0.1) is 0 Å². The normalized spacial score (nSPS) is 10.9. The topological polar surface area (TPSA) is 133 Å². The van der Waals surface area contributed by atoms with Gasteiger partial charge in [0, 0.05) is 32.6 Å². The van der Waals surface area contributed by atoms with Crippen molar-refractivity contribution >= 4 is 51.9 Å². The van der Waals surface area contributed by atoms with Crippen LogP contribution in [0.5, 0.6) is 0 Å². The van der Waals surface area contributed by atoms with Gasteiger partial charge in [0.15, 0.2) is 5.65 Å². The van der Waals surface area contributed by atoms with Gasteiger partial charge in [0.05, 0.1) is 16.6 Å². The van der Waals surface area contributed by atoms with Gasteiger partial charge in [-0.25, -0.2) is 9.78 Å². The van der Waals surface area contributed by atoms with E-state index in [0.29, 0.717) is 21.6 Å². The number of aromatic amines is 2. The molecule has 3 N–H and O–H groups in total. The van der Waals surface area contributed by atoms with Crippen LogP contribution in [0.3, 0.4) is 0 Å². The van der Waals surface area contributed by atoms with Gasteiger partial charge in [-0.1, -0.05) is 23.2 Å². The first-order valence-electron chi connectivity index (χ1n) is 8.82. The summed E-state index contributed by atoms with van der Waals surface area (Å²) in [6.07, 6.45) is 0.266. The lowest BCUT2D eigenvalue weighted by Crippen LogP contribution is -2.35. The van der Waals surface area contributed by atoms with E-state index in [0.717, 1.165) is 0 Å². The Morgan fingerprint density at radius 2 is 1.93 bits per heavy atom. The molecule has 0 fully saturated rings. The van der Waals surface area contributed by atoms with Crippen molar-refractivity contribution in [2.45, 2.75) is 12.8 Å². The lowest BCUT2D eigenvalue weighted by molar-refractivity contribution is -0.133. The van der Waals surface area contributed by atoms with Gasteiger partial charge >= 0.3 is 5.69 Å². The molecule has 0 aliphatic heterocycles. The highest BCUT2D eigenvalue weighted by atomic mass is 35.5. The van der Waals surface area contributed by atoms with E-state index in [-0.39, 0.29) is 36.5 Å². The molecule has 3 rings (SSSR count). The number of benzene rings is 1. The second-order valence-electron chi connectivity index (χ2n) is 6.63. The Hall–Kier alpha value is -3.11. The third-order valence-electron chi connectivity index (χ3n) is 4.39. The van der Waals surface area contributed by atoms with E-state index in [2.05, 4.69) is 20.3 Å². The van der Waals surface area contributed by atoms with E-state index in [1.807, 2.05) is 0 Å². The van der Waals surface area contributed by atoms with Crippen molar-refractivity contribution < 1.29 is 9.59 Å². The highest BCUT2D eigenvalue weighted by molar-refractivity contribution is 6.42. The Bertz CT molecular complexity index is 1250. The summed E-state index contributed by atoms with van der Waals surface area (Å²) in [6.45, 7) is -0.159. The number of nitrogens with zero attached hydrogens (tertiary/aromatic N) is 3. The van der Waals surface area contributed by atoms with Crippen LogP contribution < -0.4 is 16.6 Å². The Labute approximate surface area is 179 Å². The molecule has 0 radical (unpaired) electrons. The van der Waals surface area contributed by atoms with Crippen LogP contribution >= 0.6 is 23.2 Å². The molecule has 0 aliphatic rings. The first-order chi connectivity index (χ1) is 14.2. The zero-order valence-electron chi connectivity index (χ0n) is 16.1. The largest absolute Gasteiger partial charge is 0.336 e. The molecule has 2 heterocycles. The van der Waals surface area contributed by atoms with Crippen molar-refractivity contribution in [1.82, 2.24) is 24.4 Å². The number of nitrogens with one attached hydrogen (secondary N) is 3. The Morgan fingerprint density at radius 3 is 2.63 bits per heavy atom. The van der Waals surface area contributed by atoms with Crippen molar-refractivity contribution in [3.8, 4) is 0 Å². The number of hydrogen-bond donors (Lipinski definition) is 3. The number of imidazole rings is 1. The first kappa shape index (κ1) is 21.6. The summed E-state index contributed by atoms with van der Waals surface area (Å²) in [5, 5.41) is 3.32. The van der Waals surface area contributed by atoms with Gasteiger partial charge in [0.25, 0.3) is 5.56 Å². The van der Waals surface area contributed by atoms with E-state index in [9.17, 15) is 19.2 Å². The second kappa shape index (κ2) is 8.72. The lowest BCUT2D eigenvalue weighted by atomic mass is 10.2. The SMILES string of the molecule is CN(CC(=O)Nc1ccc(Cl)c(Cl)c1)C(=O)CCc1nc2c([nH]1)c(=O)[nH]c(=O)n2C. The van der Waals surface area contributed by atoms with Gasteiger partial charge < -0.3 is 15.2 Å². The highest BCUT2D eigenvalue weighted by Gasteiger charge is 2.16. The summed E-state index contributed by atoms with van der Waals surface area (Å²) in [5.74, 6) is -0.296. The van der Waals surface area contributed by atoms with Gasteiger partial charge in [-0.05, 0) is 18.2 Å². The fourth-order valence-electron chi connectivity index (χ4n) is 2.77. The zero-order valence-corrected chi connectivity index (χ0v) is 17.6. The number of halogens is 2. The molecule has 10 nitrogen and oxygen atoms in total. The first-order valence-corrected chi connectivity index (χ1v) is 9.58. The quantitative estimate of drug-likeness (QED) is 0.517. The summed E-state index contributed by atoms with van der Waals surface area (Å²) in [7, 11) is 2.99. The van der Waals surface area contributed by atoms with Crippen LogP contribution in [-0.2, 0) is 23.1 Å². The molecule has 158 valence electrons. The van der Waals surface area contributed by atoms with Crippen LogP contribution in [-0.4, -0.2) is 49.8 Å². The lowest BCUT2D eigenvalue weighted by Gasteiger charge is -2.16. The molecular formula is C18H18Cl2N6O4. The number of carbonyl (C=O) groups excluding carboxylic acids is 2. The van der Waals surface area contributed by atoms with Crippen molar-refractivity contribution in [3.05, 3.63) is 54.9 Å². The summed E-state index contributed by atoms with van der Waals surface area (Å²) in [5.41, 5.74) is -0.313. The van der Waals surface area contributed by atoms with Crippen molar-refractivity contribution in [3.63, 3.8) is 0 Å². The zero-order chi connectivity index (χ0) is 22.0. The fourth-order valence-corrected chi connectivity index (χ4v) is 3.06. The highest BCUT2D eigenvalue weighted by Crippen LogP contribution is 2.24. The van der Waals surface area contributed by atoms with E-state index in [4.69, 9.17) is 23.2 Å². The number of aryl methyl sites for hydroxylation is 2. The number of amides is 2. The average molecular weight is 453 g/mol. The Balaban J connectivity index is 1.58. The van der Waals surface area contributed by atoms with E-state index >= 15 is 0 Å². The van der Waals surface area contributed by atoms with Gasteiger partial charge in [0.2, 0.25) is 11.8 Å². The van der Waals surface area contributed by atoms with Crippen LogP contribution in [0.25, 0.3) is 11.2 Å². The molecule has 0 atom stereocenters. The summed E-state index contributed by atoms with van der Waals surface area (Å²) < 4.78 is 1.21. The molecule has 12 heteroatoms. The number of fused-ring (bicyclic) bond motifs is 1. The van der Waals surface area contributed by atoms with Gasteiger partial charge in [0.1, 0.15) is 11.3 Å². The van der Waals surface area contributed by atoms with Crippen molar-refractivity contribution in [1.29, 1.82) is 0 Å². The minimum atomic E-state index is -0.575. The molecule has 2 amide bonds. The number of H-pyrrole nitrogens is 2. The summed E-state index contributed by atoms with van der Waals surface area (Å²) in [4.78, 5) is 58.5. The number of likely N-dealkylation sites (N-methyl/N-ethyl adjacent to an activating group) is 1. The molecule has 1 aromatic carbocycles. The van der Waals surface area contributed by atoms with Crippen LogP contribution in [0.15, 0.2) is 27.8 Å². The molecule has 3 aromatic rings. The predicted molar refractivity (Wildman–Crippen MR) is 113 cm³/mol. The molecule has 30 heavy (non-hydrogen) atoms. The van der Waals surface area contributed by atoms with Crippen LogP contribution in [0.1, 0.15) is 12.2 Å². The van der Waals surface area contributed by atoms with E-state index < -0.39 is 17.2 Å². The monoisotopic (exact) mass is 452 g/mol. The third-order valence-corrected chi connectivity index (χ3v) is 5.13. The van der Waals surface area contributed by atoms with Crippen LogP contribution in [0.2, 0.25) is 10.0 Å². The fraction of sp³-hybridized carbons (Fsp3) is 0.278. The van der Waals surface area contributed by atoms with E-state index in [1.165, 1.54) is 29.6 Å². The van der Waals surface area contributed by atoms with Crippen molar-refractivity contribution in [2.24, 2.45) is 7.05 Å². The summed E-state index contributed by atoms with van der Waals surface area (Å²) >= 11 is 11.8. The van der Waals surface area contributed by atoms with Gasteiger partial charge in [-0.2, -0.15) is 0 Å². The predicted octanol–water partition coefficient (Wildman–Crippen LogP) is 1.29. The number of carbonyl (C=O) groups is 2. The molecule has 0 bridgehead atoms. The molecule has 0 aliphatic carbocycles. The smallest absolute Gasteiger partial charge is 0.329 e. The molecule has 2 aromatic heterocycles. The maximum Gasteiger partial charge on any atom is 0.329 e. The number of hydrogen-bond acceptors (Lipinski definition) is 5. The minimum Gasteiger partial charge on any atom is -0.336 e. The molecule has 0 spiro atoms. The molecule has 0 saturated carbocycles. The molecule has 0 unspecified atom stereocenters. The van der Waals surface area contributed by atoms with Crippen LogP contribution in [0.4, 0.5) is 5.69 Å². The number of aromatic nitrogens is 4. The Kier molecular flexibility index (Phi) is 6.28. The number of anilines is 1. The third kappa shape index (κ3) is 4.71. The molecule has 0 saturated heterocycles. The van der Waals surface area contributed by atoms with E-state index in [1.54, 1.807) is 12.1 Å². The summed E-state index contributed by atoms with van der Waals surface area (Å²) in [6, 6.07) is 4.67.